The maximum absolute atomic E-state index is 5.22. The number of hydrogen-bond acceptors (Lipinski definition) is 2. The van der Waals surface area contributed by atoms with Gasteiger partial charge < -0.3 is 8.97 Å². The predicted octanol–water partition coefficient (Wildman–Crippen LogP) is 10.8. The van der Waals surface area contributed by atoms with Crippen molar-refractivity contribution in [2.45, 2.75) is 0 Å². The van der Waals surface area contributed by atoms with Gasteiger partial charge in [0.25, 0.3) is 0 Å². The van der Waals surface area contributed by atoms with E-state index in [-0.39, 0.29) is 31.1 Å². The molecule has 4 heterocycles. The summed E-state index contributed by atoms with van der Waals surface area (Å²) in [6.45, 7) is 0. The molecule has 224 valence electrons. The predicted molar refractivity (Wildman–Crippen MR) is 197 cm³/mol. The van der Waals surface area contributed by atoms with Gasteiger partial charge in [-0.15, -0.1) is 17.5 Å². The van der Waals surface area contributed by atoms with Gasteiger partial charge in [0.2, 0.25) is 0 Å². The molecular weight excluding hydrogens is 823 g/mol. The second kappa shape index (κ2) is 10.8. The zero-order valence-electron chi connectivity index (χ0n) is 26.1. The van der Waals surface area contributed by atoms with Crippen molar-refractivity contribution in [1.29, 1.82) is 0 Å². The molecule has 0 bridgehead atoms. The van der Waals surface area contributed by atoms with Crippen LogP contribution in [0.4, 0.5) is 0 Å². The van der Waals surface area contributed by atoms with Crippen LogP contribution in [0.15, 0.2) is 146 Å². The van der Waals surface area contributed by atoms with Crippen molar-refractivity contribution in [2.24, 2.45) is 0 Å². The number of rotatable bonds is 3. The van der Waals surface area contributed by atoms with Crippen LogP contribution in [0.5, 0.6) is 0 Å². The summed E-state index contributed by atoms with van der Waals surface area (Å²) in [5.41, 5.74) is 13.7. The molecule has 0 saturated carbocycles. The topological polar surface area (TPSA) is 35.1 Å². The SMILES string of the molecule is [U+2].[c-]1ccccc1-c1[c-]ccc2c1c1cc(-c3ccc4c5ccccc5n(-c5ccccc5)c4c3)cc3c4nc5ccccc5nc4n2c31. The summed E-state index contributed by atoms with van der Waals surface area (Å²) in [6, 6.07) is 58.3. The first-order chi connectivity index (χ1) is 23.8. The van der Waals surface area contributed by atoms with Gasteiger partial charge in [-0.1, -0.05) is 66.7 Å². The van der Waals surface area contributed by atoms with Crippen molar-refractivity contribution in [3.63, 3.8) is 0 Å². The van der Waals surface area contributed by atoms with Crippen molar-refractivity contribution in [2.75, 3.05) is 0 Å². The normalized spacial score (nSPS) is 11.9. The van der Waals surface area contributed by atoms with Crippen molar-refractivity contribution in [1.82, 2.24) is 18.9 Å². The first-order valence-electron chi connectivity index (χ1n) is 16.2. The van der Waals surface area contributed by atoms with E-state index in [0.29, 0.717) is 0 Å². The van der Waals surface area contributed by atoms with Crippen LogP contribution in [0.1, 0.15) is 0 Å². The molecule has 11 rings (SSSR count). The molecular formula is C44H24N4U. The fourth-order valence-corrected chi connectivity index (χ4v) is 7.79. The van der Waals surface area contributed by atoms with E-state index < -0.39 is 0 Å². The van der Waals surface area contributed by atoms with Crippen LogP contribution < -0.4 is 0 Å². The van der Waals surface area contributed by atoms with E-state index in [1.54, 1.807) is 0 Å². The Morgan fingerprint density at radius 2 is 1.27 bits per heavy atom. The van der Waals surface area contributed by atoms with Crippen molar-refractivity contribution >= 4 is 71.2 Å². The molecule has 49 heavy (non-hydrogen) atoms. The molecule has 4 nitrogen and oxygen atoms in total. The van der Waals surface area contributed by atoms with Crippen LogP contribution >= 0.6 is 0 Å². The molecule has 0 radical (unpaired) electrons. The molecule has 0 aliphatic carbocycles. The third-order valence-electron chi connectivity index (χ3n) is 9.84. The fraction of sp³-hybridized carbons (Fsp3) is 0. The number of nitrogens with zero attached hydrogens (tertiary/aromatic N) is 4. The Labute approximate surface area is 305 Å². The number of aromatic nitrogens is 4. The maximum Gasteiger partial charge on any atom is 2.00 e. The molecule has 7 aromatic carbocycles. The van der Waals surface area contributed by atoms with Crippen LogP contribution in [0.3, 0.4) is 0 Å². The Balaban J connectivity index is 0.00000306. The summed E-state index contributed by atoms with van der Waals surface area (Å²) in [4.78, 5) is 10.4. The van der Waals surface area contributed by atoms with E-state index in [0.717, 1.165) is 77.3 Å². The first-order valence-corrected chi connectivity index (χ1v) is 16.2. The van der Waals surface area contributed by atoms with Gasteiger partial charge in [-0.05, 0) is 64.5 Å². The standard InChI is InChI=1S/C44H24N4.U/c1-3-12-27(13-4-1)31-17-11-21-39-41(31)34-24-29(25-35-42-44(48(39)43(34)35)46-37-19-9-8-18-36(37)45-42)28-22-23-33-32-16-7-10-20-38(32)47(40(33)26-28)30-14-5-2-6-15-30;/h1-12,14-16,18-26H;/q-2;+2. The van der Waals surface area contributed by atoms with Crippen molar-refractivity contribution < 1.29 is 31.1 Å². The van der Waals surface area contributed by atoms with Crippen molar-refractivity contribution in [3.05, 3.63) is 158 Å². The number of fused-ring (bicyclic) bond motifs is 10. The van der Waals surface area contributed by atoms with E-state index in [4.69, 9.17) is 9.97 Å². The summed E-state index contributed by atoms with van der Waals surface area (Å²) in [6.07, 6.45) is 0. The minimum absolute atomic E-state index is 0. The zero-order chi connectivity index (χ0) is 31.3. The Kier molecular flexibility index (Phi) is 6.27. The van der Waals surface area contributed by atoms with E-state index in [1.165, 1.54) is 21.8 Å². The second-order valence-electron chi connectivity index (χ2n) is 12.4. The zero-order valence-corrected chi connectivity index (χ0v) is 30.3. The largest absolute Gasteiger partial charge is 2.00 e. The Morgan fingerprint density at radius 3 is 2.12 bits per heavy atom. The Hall–Kier alpha value is -5.47. The quantitative estimate of drug-likeness (QED) is 0.166. The van der Waals surface area contributed by atoms with Crippen LogP contribution in [-0.2, 0) is 0 Å². The molecule has 0 amide bonds. The molecule has 0 aliphatic heterocycles. The van der Waals surface area contributed by atoms with Crippen LogP contribution in [-0.4, -0.2) is 18.9 Å². The molecule has 5 heteroatoms. The van der Waals surface area contributed by atoms with Gasteiger partial charge in [0.1, 0.15) is 5.52 Å². The molecule has 0 saturated heterocycles. The minimum atomic E-state index is 0. The van der Waals surface area contributed by atoms with E-state index >= 15 is 0 Å². The fourth-order valence-electron chi connectivity index (χ4n) is 7.79. The molecule has 11 aromatic rings. The van der Waals surface area contributed by atoms with Crippen LogP contribution in [0.25, 0.3) is 99.1 Å². The van der Waals surface area contributed by atoms with Gasteiger partial charge >= 0.3 is 31.1 Å². The smallest absolute Gasteiger partial charge is 0.311 e. The average Bonchev–Trinajstić information content (AvgIpc) is 3.78. The monoisotopic (exact) mass is 846 g/mol. The summed E-state index contributed by atoms with van der Waals surface area (Å²) >= 11 is 0. The Morgan fingerprint density at radius 1 is 0.510 bits per heavy atom. The number of hydrogen-bond donors (Lipinski definition) is 0. The molecule has 0 N–H and O–H groups in total. The number of para-hydroxylation sites is 4. The third kappa shape index (κ3) is 4.04. The minimum Gasteiger partial charge on any atom is -0.311 e. The molecule has 0 atom stereocenters. The molecule has 0 unspecified atom stereocenters. The third-order valence-corrected chi connectivity index (χ3v) is 9.84. The van der Waals surface area contributed by atoms with Gasteiger partial charge in [0.15, 0.2) is 5.65 Å². The van der Waals surface area contributed by atoms with E-state index in [2.05, 4.69) is 124 Å². The summed E-state index contributed by atoms with van der Waals surface area (Å²) in [5, 5.41) is 5.89. The average molecular weight is 847 g/mol. The molecule has 0 aliphatic rings. The van der Waals surface area contributed by atoms with Crippen LogP contribution in [0.2, 0.25) is 0 Å². The molecule has 0 spiro atoms. The van der Waals surface area contributed by atoms with Gasteiger partial charge in [-0.3, -0.25) is 0 Å². The molecule has 0 fully saturated rings. The van der Waals surface area contributed by atoms with Gasteiger partial charge in [0.05, 0.1) is 27.6 Å². The summed E-state index contributed by atoms with van der Waals surface area (Å²) < 4.78 is 4.68. The van der Waals surface area contributed by atoms with Gasteiger partial charge in [0, 0.05) is 21.8 Å². The summed E-state index contributed by atoms with van der Waals surface area (Å²) in [5.74, 6) is 0. The summed E-state index contributed by atoms with van der Waals surface area (Å²) in [7, 11) is 0. The molecule has 4 aromatic heterocycles. The van der Waals surface area contributed by atoms with E-state index in [9.17, 15) is 0 Å². The van der Waals surface area contributed by atoms with Gasteiger partial charge in [-0.2, -0.15) is 36.4 Å². The van der Waals surface area contributed by atoms with Gasteiger partial charge in [-0.25, -0.2) is 21.1 Å². The number of benzene rings is 7. The maximum atomic E-state index is 5.22. The second-order valence-corrected chi connectivity index (χ2v) is 12.4. The van der Waals surface area contributed by atoms with Crippen molar-refractivity contribution in [3.8, 4) is 27.9 Å². The Bertz CT molecular complexity index is 3050. The van der Waals surface area contributed by atoms with Crippen LogP contribution in [0, 0.1) is 43.2 Å². The van der Waals surface area contributed by atoms with E-state index in [1.807, 2.05) is 42.5 Å². The first kappa shape index (κ1) is 28.5.